The lowest BCUT2D eigenvalue weighted by molar-refractivity contribution is 0.0570. The number of nitrogens with one attached hydrogen (secondary N) is 1. The number of ether oxygens (including phenoxy) is 1. The molecule has 10 heteroatoms. The Kier molecular flexibility index (Phi) is 6.00. The topological polar surface area (TPSA) is 108 Å². The van der Waals surface area contributed by atoms with Crippen LogP contribution in [0.25, 0.3) is 22.3 Å². The number of benzene rings is 2. The summed E-state index contributed by atoms with van der Waals surface area (Å²) in [7, 11) is -3.46. The number of carbonyl (C=O) groups is 1. The number of amides is 1. The number of morpholine rings is 1. The van der Waals surface area contributed by atoms with Gasteiger partial charge in [-0.25, -0.2) is 18.4 Å². The van der Waals surface area contributed by atoms with Crippen molar-refractivity contribution in [2.45, 2.75) is 43.8 Å². The third kappa shape index (κ3) is 4.28. The minimum absolute atomic E-state index is 0.105. The predicted octanol–water partition coefficient (Wildman–Crippen LogP) is 4.14. The number of carbonyl (C=O) groups excluding carboxylic acids is 1. The van der Waals surface area contributed by atoms with Gasteiger partial charge >= 0.3 is 0 Å². The number of aromatic nitrogens is 3. The third-order valence-corrected chi connectivity index (χ3v) is 8.90. The van der Waals surface area contributed by atoms with Gasteiger partial charge in [-0.2, -0.15) is 0 Å². The van der Waals surface area contributed by atoms with E-state index in [1.807, 2.05) is 44.3 Å². The van der Waals surface area contributed by atoms with Crippen LogP contribution in [0.2, 0.25) is 0 Å². The van der Waals surface area contributed by atoms with Crippen LogP contribution in [0.5, 0.6) is 0 Å². The average molecular weight is 546 g/mol. The first kappa shape index (κ1) is 25.5. The maximum Gasteiger partial charge on any atom is 0.254 e. The molecule has 0 saturated carbocycles. The summed E-state index contributed by atoms with van der Waals surface area (Å²) in [5, 5.41) is 1.03. The van der Waals surface area contributed by atoms with Gasteiger partial charge in [0, 0.05) is 46.6 Å². The van der Waals surface area contributed by atoms with E-state index < -0.39 is 15.4 Å². The molecule has 0 bridgehead atoms. The van der Waals surface area contributed by atoms with Gasteiger partial charge in [0.15, 0.2) is 15.7 Å². The second-order valence-corrected chi connectivity index (χ2v) is 12.8. The van der Waals surface area contributed by atoms with Crippen LogP contribution in [-0.4, -0.2) is 66.2 Å². The van der Waals surface area contributed by atoms with Crippen LogP contribution in [0.3, 0.4) is 0 Å². The molecule has 9 nitrogen and oxygen atoms in total. The van der Waals surface area contributed by atoms with Crippen molar-refractivity contribution in [1.29, 1.82) is 0 Å². The van der Waals surface area contributed by atoms with Crippen LogP contribution in [0.4, 0.5) is 5.82 Å². The van der Waals surface area contributed by atoms with E-state index in [9.17, 15) is 13.2 Å². The fourth-order valence-corrected chi connectivity index (χ4v) is 6.30. The first-order valence-electron chi connectivity index (χ1n) is 13.0. The van der Waals surface area contributed by atoms with Gasteiger partial charge in [0.1, 0.15) is 5.82 Å². The van der Waals surface area contributed by atoms with Crippen LogP contribution in [0, 0.1) is 0 Å². The molecule has 1 N–H and O–H groups in total. The number of aromatic amines is 1. The predicted molar refractivity (Wildman–Crippen MR) is 149 cm³/mol. The maximum atomic E-state index is 13.9. The van der Waals surface area contributed by atoms with Gasteiger partial charge in [0.05, 0.1) is 41.9 Å². The van der Waals surface area contributed by atoms with Crippen LogP contribution >= 0.6 is 0 Å². The summed E-state index contributed by atoms with van der Waals surface area (Å²) in [5.41, 5.74) is 3.18. The van der Waals surface area contributed by atoms with Crippen molar-refractivity contribution < 1.29 is 17.9 Å². The lowest BCUT2D eigenvalue weighted by Gasteiger charge is -2.35. The number of nitrogens with zero attached hydrogens (tertiary/aromatic N) is 4. The number of fused-ring (bicyclic) bond motifs is 2. The average Bonchev–Trinajstić information content (AvgIpc) is 3.50. The van der Waals surface area contributed by atoms with Crippen molar-refractivity contribution in [3.05, 3.63) is 71.5 Å². The van der Waals surface area contributed by atoms with Gasteiger partial charge in [0.2, 0.25) is 0 Å². The lowest BCUT2D eigenvalue weighted by atomic mass is 9.98. The fraction of sp³-hybridized carbons (Fsp3) is 0.345. The SMILES string of the molecule is CC1COCCN1c1nc(-c2cccc3[nH]ccc23)nc2c1CN(C(=O)c1cccc(S(C)(=O)=O)c1)C2(C)C. The Bertz CT molecular complexity index is 1710. The molecule has 1 amide bonds. The van der Waals surface area contributed by atoms with Gasteiger partial charge in [-0.05, 0) is 51.1 Å². The Morgan fingerprint density at radius 2 is 1.92 bits per heavy atom. The van der Waals surface area contributed by atoms with Crippen molar-refractivity contribution in [3.63, 3.8) is 0 Å². The largest absolute Gasteiger partial charge is 0.377 e. The van der Waals surface area contributed by atoms with Gasteiger partial charge in [-0.3, -0.25) is 4.79 Å². The van der Waals surface area contributed by atoms with Gasteiger partial charge in [-0.15, -0.1) is 0 Å². The highest BCUT2D eigenvalue weighted by Crippen LogP contribution is 2.44. The number of hydrogen-bond acceptors (Lipinski definition) is 7. The maximum absolute atomic E-state index is 13.9. The first-order valence-corrected chi connectivity index (χ1v) is 14.9. The Morgan fingerprint density at radius 1 is 1.13 bits per heavy atom. The number of H-pyrrole nitrogens is 1. The zero-order valence-electron chi connectivity index (χ0n) is 22.4. The summed E-state index contributed by atoms with van der Waals surface area (Å²) in [6, 6.07) is 14.4. The zero-order valence-corrected chi connectivity index (χ0v) is 23.2. The molecule has 2 aliphatic heterocycles. The fourth-order valence-electron chi connectivity index (χ4n) is 5.63. The number of rotatable bonds is 4. The highest BCUT2D eigenvalue weighted by atomic mass is 32.2. The summed E-state index contributed by atoms with van der Waals surface area (Å²) in [6.45, 7) is 8.26. The highest BCUT2D eigenvalue weighted by molar-refractivity contribution is 7.90. The molecule has 0 aliphatic carbocycles. The standard InChI is InChI=1S/C29H31N5O4S/c1-18-17-38-14-13-33(18)27-23-16-34(28(35)19-7-5-8-20(15-19)39(4,36)37)29(2,3)25(23)31-26(32-27)22-9-6-10-24-21(22)11-12-30-24/h5-12,15,18,30H,13-14,16-17H2,1-4H3. The van der Waals surface area contributed by atoms with Gasteiger partial charge in [0.25, 0.3) is 5.91 Å². The van der Waals surface area contributed by atoms with E-state index in [-0.39, 0.29) is 16.8 Å². The Balaban J connectivity index is 1.50. The molecule has 2 aromatic heterocycles. The van der Waals surface area contributed by atoms with Crippen molar-refractivity contribution in [1.82, 2.24) is 19.9 Å². The molecule has 202 valence electrons. The smallest absolute Gasteiger partial charge is 0.254 e. The van der Waals surface area contributed by atoms with E-state index in [4.69, 9.17) is 14.7 Å². The van der Waals surface area contributed by atoms with E-state index in [0.717, 1.165) is 39.8 Å². The Morgan fingerprint density at radius 3 is 2.69 bits per heavy atom. The Hall–Kier alpha value is -3.76. The summed E-state index contributed by atoms with van der Waals surface area (Å²) < 4.78 is 30.0. The molecule has 39 heavy (non-hydrogen) atoms. The highest BCUT2D eigenvalue weighted by Gasteiger charge is 2.45. The van der Waals surface area contributed by atoms with Crippen LogP contribution in [0.15, 0.2) is 59.6 Å². The lowest BCUT2D eigenvalue weighted by Crippen LogP contribution is -2.44. The molecule has 2 aromatic carbocycles. The van der Waals surface area contributed by atoms with Gasteiger partial charge in [-0.1, -0.05) is 18.2 Å². The Labute approximate surface area is 227 Å². The molecule has 4 aromatic rings. The zero-order chi connectivity index (χ0) is 27.5. The summed E-state index contributed by atoms with van der Waals surface area (Å²) in [6.07, 6.45) is 3.05. The van der Waals surface area contributed by atoms with E-state index in [2.05, 4.69) is 16.8 Å². The van der Waals surface area contributed by atoms with Crippen LogP contribution in [0.1, 0.15) is 42.4 Å². The first-order chi connectivity index (χ1) is 18.6. The van der Waals surface area contributed by atoms with Gasteiger partial charge < -0.3 is 19.5 Å². The monoisotopic (exact) mass is 545 g/mol. The minimum Gasteiger partial charge on any atom is -0.377 e. The second kappa shape index (κ2) is 9.17. The van der Waals surface area contributed by atoms with E-state index in [0.29, 0.717) is 37.7 Å². The number of hydrogen-bond donors (Lipinski definition) is 1. The van der Waals surface area contributed by atoms with Crippen molar-refractivity contribution in [2.24, 2.45) is 0 Å². The number of sulfone groups is 1. The van der Waals surface area contributed by atoms with Crippen LogP contribution < -0.4 is 4.90 Å². The molecule has 1 atom stereocenters. The van der Waals surface area contributed by atoms with Crippen molar-refractivity contribution in [3.8, 4) is 11.4 Å². The number of anilines is 1. The van der Waals surface area contributed by atoms with E-state index >= 15 is 0 Å². The van der Waals surface area contributed by atoms with E-state index in [1.165, 1.54) is 12.1 Å². The van der Waals surface area contributed by atoms with E-state index in [1.54, 1.807) is 17.0 Å². The molecule has 2 aliphatic rings. The third-order valence-electron chi connectivity index (χ3n) is 7.79. The molecule has 0 radical (unpaired) electrons. The molecular formula is C29H31N5O4S. The van der Waals surface area contributed by atoms with Crippen LogP contribution in [-0.2, 0) is 26.7 Å². The normalized spacial score (nSPS) is 18.9. The quantitative estimate of drug-likeness (QED) is 0.411. The summed E-state index contributed by atoms with van der Waals surface area (Å²) >= 11 is 0. The van der Waals surface area contributed by atoms with Crippen molar-refractivity contribution >= 4 is 32.5 Å². The minimum atomic E-state index is -3.46. The molecule has 1 saturated heterocycles. The molecule has 1 unspecified atom stereocenters. The molecular weight excluding hydrogens is 514 g/mol. The molecule has 6 rings (SSSR count). The summed E-state index contributed by atoms with van der Waals surface area (Å²) in [4.78, 5) is 31.5. The second-order valence-electron chi connectivity index (χ2n) is 10.8. The summed E-state index contributed by atoms with van der Waals surface area (Å²) in [5.74, 6) is 1.17. The van der Waals surface area contributed by atoms with Crippen molar-refractivity contribution in [2.75, 3.05) is 30.9 Å². The molecule has 1 fully saturated rings. The molecule has 4 heterocycles. The molecule has 0 spiro atoms.